The monoisotopic (exact) mass is 1480 g/mol. The molecule has 0 spiro atoms. The van der Waals surface area contributed by atoms with E-state index in [1.165, 1.54) is 257 Å². The number of carbonyl (C=O) groups excluding carboxylic acids is 4. The molecule has 0 aromatic rings. The van der Waals surface area contributed by atoms with E-state index >= 15 is 0 Å². The van der Waals surface area contributed by atoms with Crippen molar-refractivity contribution >= 4 is 39.5 Å². The number of aliphatic hydroxyl groups is 1. The fourth-order valence-corrected chi connectivity index (χ4v) is 14.3. The van der Waals surface area contributed by atoms with Gasteiger partial charge in [0.1, 0.15) is 19.3 Å². The van der Waals surface area contributed by atoms with Gasteiger partial charge >= 0.3 is 39.5 Å². The summed E-state index contributed by atoms with van der Waals surface area (Å²) < 4.78 is 68.7. The fraction of sp³-hybridized carbons (Fsp3) is 0.951. The minimum absolute atomic E-state index is 0.108. The van der Waals surface area contributed by atoms with Crippen LogP contribution in [0.5, 0.6) is 0 Å². The minimum Gasteiger partial charge on any atom is -0.462 e. The highest BCUT2D eigenvalue weighted by molar-refractivity contribution is 7.47. The van der Waals surface area contributed by atoms with Crippen LogP contribution in [0.4, 0.5) is 0 Å². The van der Waals surface area contributed by atoms with Crippen LogP contribution in [0.25, 0.3) is 0 Å². The van der Waals surface area contributed by atoms with Crippen molar-refractivity contribution in [3.8, 4) is 0 Å². The maximum Gasteiger partial charge on any atom is 0.472 e. The standard InChI is InChI=1S/C82H160O17P2/c1-6-9-12-15-18-21-23-25-27-29-31-33-38-42-46-51-56-61-66-80(85)93-72-78(99-82(87)67-62-57-52-47-43-39-34-32-30-28-26-24-22-19-16-13-10-7-2)74-97-101(90,91)95-70-76(83)69-94-100(88,89)96-73-77(71-92-79(84)65-60-55-50-20-17-14-11-8-3)98-81(86)68-63-58-53-48-44-40-36-35-37-41-45-49-54-59-64-75(4)5/h75-78,83H,6-74H2,1-5H3,(H,88,89)(H,90,91)/t76-,77+,78+/m0/s1. The van der Waals surface area contributed by atoms with Gasteiger partial charge in [-0.25, -0.2) is 9.13 Å². The van der Waals surface area contributed by atoms with Crippen molar-refractivity contribution in [3.63, 3.8) is 0 Å². The molecule has 0 rings (SSSR count). The average molecular weight is 1480 g/mol. The molecule has 0 fully saturated rings. The van der Waals surface area contributed by atoms with Gasteiger partial charge in [0, 0.05) is 25.7 Å². The minimum atomic E-state index is -4.96. The number of ether oxygens (including phenoxy) is 4. The van der Waals surface area contributed by atoms with E-state index < -0.39 is 97.5 Å². The van der Waals surface area contributed by atoms with E-state index in [0.29, 0.717) is 25.7 Å². The van der Waals surface area contributed by atoms with Gasteiger partial charge in [-0.1, -0.05) is 388 Å². The van der Waals surface area contributed by atoms with Gasteiger partial charge in [-0.3, -0.25) is 37.3 Å². The average Bonchev–Trinajstić information content (AvgIpc) is 1.11. The third-order valence-corrected chi connectivity index (χ3v) is 21.2. The van der Waals surface area contributed by atoms with Gasteiger partial charge in [-0.05, 0) is 31.6 Å². The lowest BCUT2D eigenvalue weighted by molar-refractivity contribution is -0.161. The second kappa shape index (κ2) is 74.9. The number of hydrogen-bond acceptors (Lipinski definition) is 15. The first kappa shape index (κ1) is 99.1. The molecule has 0 amide bonds. The van der Waals surface area contributed by atoms with E-state index in [2.05, 4.69) is 34.6 Å². The highest BCUT2D eigenvalue weighted by atomic mass is 31.2. The zero-order chi connectivity index (χ0) is 74.1. The van der Waals surface area contributed by atoms with Crippen LogP contribution < -0.4 is 0 Å². The summed E-state index contributed by atoms with van der Waals surface area (Å²) in [6.45, 7) is 7.34. The molecule has 0 aliphatic rings. The number of carbonyl (C=O) groups is 4. The molecule has 600 valence electrons. The number of aliphatic hydroxyl groups excluding tert-OH is 1. The molecule has 5 atom stereocenters. The topological polar surface area (TPSA) is 237 Å². The van der Waals surface area contributed by atoms with Crippen LogP contribution in [0.3, 0.4) is 0 Å². The Bertz CT molecular complexity index is 1930. The van der Waals surface area contributed by atoms with Crippen LogP contribution in [-0.4, -0.2) is 96.7 Å². The number of esters is 4. The summed E-state index contributed by atoms with van der Waals surface area (Å²) in [6.07, 6.45) is 66.7. The largest absolute Gasteiger partial charge is 0.472 e. The van der Waals surface area contributed by atoms with Gasteiger partial charge in [0.15, 0.2) is 12.2 Å². The van der Waals surface area contributed by atoms with Crippen molar-refractivity contribution in [3.05, 3.63) is 0 Å². The number of hydrogen-bond donors (Lipinski definition) is 3. The summed E-state index contributed by atoms with van der Waals surface area (Å²) in [4.78, 5) is 73.0. The highest BCUT2D eigenvalue weighted by Gasteiger charge is 2.30. The Labute approximate surface area is 619 Å². The Morgan fingerprint density at radius 1 is 0.267 bits per heavy atom. The van der Waals surface area contributed by atoms with Crippen molar-refractivity contribution < 1.29 is 80.2 Å². The second-order valence-electron chi connectivity index (χ2n) is 30.0. The van der Waals surface area contributed by atoms with Crippen molar-refractivity contribution in [2.24, 2.45) is 5.92 Å². The van der Waals surface area contributed by atoms with Crippen LogP contribution in [0.1, 0.15) is 439 Å². The Morgan fingerprint density at radius 2 is 0.455 bits per heavy atom. The summed E-state index contributed by atoms with van der Waals surface area (Å²) in [7, 11) is -9.92. The lowest BCUT2D eigenvalue weighted by Crippen LogP contribution is -2.30. The van der Waals surface area contributed by atoms with Gasteiger partial charge in [-0.2, -0.15) is 0 Å². The number of phosphoric ester groups is 2. The van der Waals surface area contributed by atoms with Gasteiger partial charge in [0.05, 0.1) is 26.4 Å². The maximum absolute atomic E-state index is 13.1. The Kier molecular flexibility index (Phi) is 73.5. The van der Waals surface area contributed by atoms with E-state index in [4.69, 9.17) is 37.0 Å². The molecule has 0 aromatic heterocycles. The molecular weight excluding hydrogens is 1320 g/mol. The second-order valence-corrected chi connectivity index (χ2v) is 32.9. The molecule has 0 aliphatic carbocycles. The van der Waals surface area contributed by atoms with Crippen molar-refractivity contribution in [2.75, 3.05) is 39.6 Å². The van der Waals surface area contributed by atoms with Gasteiger partial charge in [0.2, 0.25) is 0 Å². The smallest absolute Gasteiger partial charge is 0.462 e. The molecule has 17 nitrogen and oxygen atoms in total. The first-order chi connectivity index (χ1) is 49.0. The molecule has 0 radical (unpaired) electrons. The van der Waals surface area contributed by atoms with E-state index in [1.54, 1.807) is 0 Å². The summed E-state index contributed by atoms with van der Waals surface area (Å²) >= 11 is 0. The van der Waals surface area contributed by atoms with Crippen LogP contribution in [0, 0.1) is 5.92 Å². The SMILES string of the molecule is CCCCCCCCCCCCCCCCCCCCC(=O)OC[C@H](COP(=O)(O)OC[C@@H](O)COP(=O)(O)OC[C@@H](COC(=O)CCCCCCCCCC)OC(=O)CCCCCCCCCCCCCCCCC(C)C)OC(=O)CCCCCCCCCCCCCCCCCCCC. The van der Waals surface area contributed by atoms with Crippen LogP contribution in [-0.2, 0) is 65.4 Å². The molecule has 3 N–H and O–H groups in total. The summed E-state index contributed by atoms with van der Waals surface area (Å²) in [5, 5.41) is 10.6. The number of rotatable bonds is 82. The molecule has 0 saturated carbocycles. The Balaban J connectivity index is 5.19. The van der Waals surface area contributed by atoms with E-state index in [-0.39, 0.29) is 25.7 Å². The zero-order valence-electron chi connectivity index (χ0n) is 66.1. The van der Waals surface area contributed by atoms with E-state index in [0.717, 1.165) is 102 Å². The zero-order valence-corrected chi connectivity index (χ0v) is 67.8. The molecular formula is C82H160O17P2. The van der Waals surface area contributed by atoms with Crippen molar-refractivity contribution in [1.29, 1.82) is 0 Å². The molecule has 0 aliphatic heterocycles. The maximum atomic E-state index is 13.1. The summed E-state index contributed by atoms with van der Waals surface area (Å²) in [6, 6.07) is 0. The van der Waals surface area contributed by atoms with Gasteiger partial charge in [0.25, 0.3) is 0 Å². The predicted molar refractivity (Wildman–Crippen MR) is 414 cm³/mol. The Hall–Kier alpha value is -1.94. The first-order valence-electron chi connectivity index (χ1n) is 42.6. The molecule has 0 saturated heterocycles. The lowest BCUT2D eigenvalue weighted by atomic mass is 10.0. The highest BCUT2D eigenvalue weighted by Crippen LogP contribution is 2.45. The molecule has 0 aromatic carbocycles. The molecule has 2 unspecified atom stereocenters. The third kappa shape index (κ3) is 76.1. The lowest BCUT2D eigenvalue weighted by Gasteiger charge is -2.21. The van der Waals surface area contributed by atoms with Crippen molar-refractivity contribution in [1.82, 2.24) is 0 Å². The van der Waals surface area contributed by atoms with E-state index in [1.807, 2.05) is 0 Å². The first-order valence-corrected chi connectivity index (χ1v) is 45.6. The summed E-state index contributed by atoms with van der Waals surface area (Å²) in [5.74, 6) is -1.31. The van der Waals surface area contributed by atoms with Crippen LogP contribution in [0.15, 0.2) is 0 Å². The number of phosphoric acid groups is 2. The molecule has 0 bridgehead atoms. The van der Waals surface area contributed by atoms with Crippen LogP contribution >= 0.6 is 15.6 Å². The fourth-order valence-electron chi connectivity index (χ4n) is 12.8. The van der Waals surface area contributed by atoms with Crippen molar-refractivity contribution in [2.45, 2.75) is 457 Å². The van der Waals surface area contributed by atoms with Crippen LogP contribution in [0.2, 0.25) is 0 Å². The normalized spacial score (nSPS) is 13.8. The van der Waals surface area contributed by atoms with Gasteiger partial charge in [-0.15, -0.1) is 0 Å². The molecule has 101 heavy (non-hydrogen) atoms. The molecule has 0 heterocycles. The quantitative estimate of drug-likeness (QED) is 0.0222. The van der Waals surface area contributed by atoms with Gasteiger partial charge < -0.3 is 33.8 Å². The number of unbranched alkanes of at least 4 members (excludes halogenated alkanes) is 54. The summed E-state index contributed by atoms with van der Waals surface area (Å²) in [5.41, 5.74) is 0. The molecule has 19 heteroatoms. The van der Waals surface area contributed by atoms with E-state index in [9.17, 15) is 43.2 Å². The predicted octanol–water partition coefficient (Wildman–Crippen LogP) is 24.8. The third-order valence-electron chi connectivity index (χ3n) is 19.3. The Morgan fingerprint density at radius 3 is 0.673 bits per heavy atom.